The Kier molecular flexibility index (Phi) is 6.06. The van der Waals surface area contributed by atoms with Crippen molar-refractivity contribution < 1.29 is 14.3 Å². The first-order chi connectivity index (χ1) is 13.5. The van der Waals surface area contributed by atoms with Crippen molar-refractivity contribution in [1.82, 2.24) is 9.99 Å². The number of esters is 1. The summed E-state index contributed by atoms with van der Waals surface area (Å²) >= 11 is 1.37. The molecule has 3 rings (SSSR count). The molecule has 1 amide bonds. The summed E-state index contributed by atoms with van der Waals surface area (Å²) in [6.45, 7) is 6.11. The van der Waals surface area contributed by atoms with Gasteiger partial charge in [0.2, 0.25) is 0 Å². The van der Waals surface area contributed by atoms with E-state index < -0.39 is 0 Å². The van der Waals surface area contributed by atoms with E-state index in [1.807, 2.05) is 43.5 Å². The minimum Gasteiger partial charge on any atom is -0.462 e. The third-order valence-electron chi connectivity index (χ3n) is 4.22. The first-order valence-electron chi connectivity index (χ1n) is 8.84. The lowest BCUT2D eigenvalue weighted by Crippen LogP contribution is -2.16. The number of hydrogen-bond donors (Lipinski definition) is 1. The zero-order valence-electron chi connectivity index (χ0n) is 15.9. The Labute approximate surface area is 167 Å². The van der Waals surface area contributed by atoms with Crippen LogP contribution in [0.15, 0.2) is 52.9 Å². The van der Waals surface area contributed by atoms with Gasteiger partial charge in [-0.2, -0.15) is 5.10 Å². The fourth-order valence-electron chi connectivity index (χ4n) is 2.90. The maximum absolute atomic E-state index is 12.0. The molecule has 0 unspecified atom stereocenters. The summed E-state index contributed by atoms with van der Waals surface area (Å²) in [5.41, 5.74) is 6.90. The van der Waals surface area contributed by atoms with Gasteiger partial charge in [0.1, 0.15) is 0 Å². The summed E-state index contributed by atoms with van der Waals surface area (Å²) in [5, 5.41) is 5.92. The van der Waals surface area contributed by atoms with E-state index in [1.54, 1.807) is 31.3 Å². The molecule has 144 valence electrons. The molecule has 6 nitrogen and oxygen atoms in total. The van der Waals surface area contributed by atoms with Gasteiger partial charge in [-0.1, -0.05) is 6.07 Å². The SMILES string of the molecule is CCOC(=O)c1ccc(-n2c(C)cc(/C=N/NC(=O)c3cccs3)c2C)cc1. The molecule has 3 aromatic rings. The molecule has 7 heteroatoms. The molecule has 0 fully saturated rings. The molecule has 1 N–H and O–H groups in total. The van der Waals surface area contributed by atoms with Gasteiger partial charge in [-0.25, -0.2) is 10.2 Å². The topological polar surface area (TPSA) is 72.7 Å². The number of ether oxygens (including phenoxy) is 1. The fourth-order valence-corrected chi connectivity index (χ4v) is 3.51. The van der Waals surface area contributed by atoms with Crippen molar-refractivity contribution in [2.45, 2.75) is 20.8 Å². The van der Waals surface area contributed by atoms with E-state index in [0.29, 0.717) is 17.0 Å². The van der Waals surface area contributed by atoms with Crippen LogP contribution in [0.4, 0.5) is 0 Å². The highest BCUT2D eigenvalue weighted by molar-refractivity contribution is 7.12. The number of hydrazone groups is 1. The van der Waals surface area contributed by atoms with Crippen LogP contribution in [0, 0.1) is 13.8 Å². The van der Waals surface area contributed by atoms with E-state index in [0.717, 1.165) is 22.6 Å². The van der Waals surface area contributed by atoms with Crippen LogP contribution in [0.3, 0.4) is 0 Å². The quantitative estimate of drug-likeness (QED) is 0.388. The fraction of sp³-hybridized carbons (Fsp3) is 0.190. The number of rotatable bonds is 6. The molecular weight excluding hydrogens is 374 g/mol. The normalized spacial score (nSPS) is 11.0. The number of aromatic nitrogens is 1. The van der Waals surface area contributed by atoms with Crippen molar-refractivity contribution in [3.05, 3.63) is 75.2 Å². The molecule has 0 spiro atoms. The van der Waals surface area contributed by atoms with E-state index in [4.69, 9.17) is 4.74 Å². The van der Waals surface area contributed by atoms with Crippen LogP contribution >= 0.6 is 11.3 Å². The number of carbonyl (C=O) groups is 2. The molecule has 0 aliphatic rings. The van der Waals surface area contributed by atoms with Gasteiger partial charge in [0.05, 0.1) is 23.3 Å². The summed E-state index contributed by atoms with van der Waals surface area (Å²) in [7, 11) is 0. The van der Waals surface area contributed by atoms with Crippen LogP contribution in [-0.4, -0.2) is 29.3 Å². The van der Waals surface area contributed by atoms with E-state index in [-0.39, 0.29) is 11.9 Å². The number of hydrogen-bond acceptors (Lipinski definition) is 5. The summed E-state index contributed by atoms with van der Waals surface area (Å²) in [6.07, 6.45) is 1.64. The molecular formula is C21H21N3O3S. The smallest absolute Gasteiger partial charge is 0.338 e. The second-order valence-electron chi connectivity index (χ2n) is 6.11. The second kappa shape index (κ2) is 8.67. The van der Waals surface area contributed by atoms with Crippen molar-refractivity contribution in [3.8, 4) is 5.69 Å². The van der Waals surface area contributed by atoms with Crippen LogP contribution in [-0.2, 0) is 4.74 Å². The van der Waals surface area contributed by atoms with E-state index in [2.05, 4.69) is 15.1 Å². The highest BCUT2D eigenvalue weighted by atomic mass is 32.1. The van der Waals surface area contributed by atoms with Crippen molar-refractivity contribution in [1.29, 1.82) is 0 Å². The Morgan fingerprint density at radius 3 is 2.61 bits per heavy atom. The van der Waals surface area contributed by atoms with E-state index >= 15 is 0 Å². The molecule has 0 saturated heterocycles. The maximum atomic E-state index is 12.0. The molecule has 0 atom stereocenters. The monoisotopic (exact) mass is 395 g/mol. The van der Waals surface area contributed by atoms with Crippen molar-refractivity contribution in [2.24, 2.45) is 5.10 Å². The molecule has 0 aliphatic carbocycles. The highest BCUT2D eigenvalue weighted by Crippen LogP contribution is 2.20. The lowest BCUT2D eigenvalue weighted by atomic mass is 10.2. The Morgan fingerprint density at radius 1 is 1.21 bits per heavy atom. The first kappa shape index (κ1) is 19.6. The van der Waals surface area contributed by atoms with Gasteiger partial charge < -0.3 is 9.30 Å². The van der Waals surface area contributed by atoms with Crippen molar-refractivity contribution in [2.75, 3.05) is 6.61 Å². The molecule has 0 bridgehead atoms. The molecule has 0 aliphatic heterocycles. The van der Waals surface area contributed by atoms with Crippen LogP contribution in [0.1, 0.15) is 43.9 Å². The second-order valence-corrected chi connectivity index (χ2v) is 7.05. The Hall–Kier alpha value is -3.19. The Morgan fingerprint density at radius 2 is 1.96 bits per heavy atom. The molecule has 0 radical (unpaired) electrons. The highest BCUT2D eigenvalue weighted by Gasteiger charge is 2.12. The molecule has 0 saturated carbocycles. The zero-order valence-corrected chi connectivity index (χ0v) is 16.7. The van der Waals surface area contributed by atoms with E-state index in [9.17, 15) is 9.59 Å². The summed E-state index contributed by atoms with van der Waals surface area (Å²) < 4.78 is 7.09. The average Bonchev–Trinajstić information content (AvgIpc) is 3.31. The van der Waals surface area contributed by atoms with Crippen LogP contribution in [0.25, 0.3) is 5.69 Å². The summed E-state index contributed by atoms with van der Waals surface area (Å²) in [5.74, 6) is -0.557. The number of aryl methyl sites for hydroxylation is 1. The number of amides is 1. The molecule has 28 heavy (non-hydrogen) atoms. The van der Waals surface area contributed by atoms with Gasteiger partial charge >= 0.3 is 5.97 Å². The lowest BCUT2D eigenvalue weighted by Gasteiger charge is -2.10. The molecule has 1 aromatic carbocycles. The predicted octanol–water partition coefficient (Wildman–Crippen LogP) is 4.10. The number of benzene rings is 1. The van der Waals surface area contributed by atoms with Gasteiger partial charge in [0.25, 0.3) is 5.91 Å². The zero-order chi connectivity index (χ0) is 20.1. The Balaban J connectivity index is 1.77. The Bertz CT molecular complexity index is 1000. The van der Waals surface area contributed by atoms with Gasteiger partial charge in [-0.3, -0.25) is 4.79 Å². The minimum atomic E-state index is -0.329. The third-order valence-corrected chi connectivity index (χ3v) is 5.09. The standard InChI is InChI=1S/C21H21N3O3S/c1-4-27-21(26)16-7-9-18(10-8-16)24-14(2)12-17(15(24)3)13-22-23-20(25)19-6-5-11-28-19/h5-13H,4H2,1-3H3,(H,23,25)/b22-13+. The van der Waals surface area contributed by atoms with Gasteiger partial charge in [0.15, 0.2) is 0 Å². The maximum Gasteiger partial charge on any atom is 0.338 e. The molecule has 2 heterocycles. The largest absolute Gasteiger partial charge is 0.462 e. The number of nitrogens with one attached hydrogen (secondary N) is 1. The number of thiophene rings is 1. The first-order valence-corrected chi connectivity index (χ1v) is 9.72. The van der Waals surface area contributed by atoms with Crippen LogP contribution < -0.4 is 5.43 Å². The van der Waals surface area contributed by atoms with Gasteiger partial charge in [-0.15, -0.1) is 11.3 Å². The van der Waals surface area contributed by atoms with Crippen molar-refractivity contribution >= 4 is 29.4 Å². The van der Waals surface area contributed by atoms with Gasteiger partial charge in [-0.05, 0) is 62.5 Å². The molecule has 2 aromatic heterocycles. The summed E-state index contributed by atoms with van der Waals surface area (Å²) in [6, 6.07) is 12.8. The average molecular weight is 395 g/mol. The van der Waals surface area contributed by atoms with Crippen molar-refractivity contribution in [3.63, 3.8) is 0 Å². The van der Waals surface area contributed by atoms with Gasteiger partial charge in [0, 0.05) is 22.6 Å². The summed E-state index contributed by atoms with van der Waals surface area (Å²) in [4.78, 5) is 24.4. The number of nitrogens with zero attached hydrogens (tertiary/aromatic N) is 2. The predicted molar refractivity (Wildman–Crippen MR) is 111 cm³/mol. The lowest BCUT2D eigenvalue weighted by molar-refractivity contribution is 0.0526. The van der Waals surface area contributed by atoms with Crippen LogP contribution in [0.5, 0.6) is 0 Å². The number of carbonyl (C=O) groups excluding carboxylic acids is 2. The van der Waals surface area contributed by atoms with Crippen LogP contribution in [0.2, 0.25) is 0 Å². The minimum absolute atomic E-state index is 0.227. The third kappa shape index (κ3) is 4.20. The van der Waals surface area contributed by atoms with E-state index in [1.165, 1.54) is 11.3 Å².